The molecule has 4 nitrogen and oxygen atoms in total. The lowest BCUT2D eigenvalue weighted by atomic mass is 10.3. The summed E-state index contributed by atoms with van der Waals surface area (Å²) < 4.78 is 0.546. The molecular weight excluding hydrogens is 158 g/mol. The average Bonchev–Trinajstić information content (AvgIpc) is 1.81. The molecule has 0 aromatic carbocycles. The lowest BCUT2D eigenvalue weighted by Gasteiger charge is -2.30. The summed E-state index contributed by atoms with van der Waals surface area (Å²) in [5.41, 5.74) is 0. The number of carboxylic acids is 1. The molecule has 0 aliphatic rings. The van der Waals surface area contributed by atoms with Crippen molar-refractivity contribution in [3.8, 4) is 0 Å². The third kappa shape index (κ3) is 6.12. The third-order valence-electron chi connectivity index (χ3n) is 1.69. The smallest absolute Gasteiger partial charge is 0.309 e. The maximum atomic E-state index is 10.3. The number of carboxylic acid groups (broad SMARTS) is 1. The zero-order chi connectivity index (χ0) is 9.78. The van der Waals surface area contributed by atoms with Gasteiger partial charge in [0.25, 0.3) is 0 Å². The zero-order valence-electron chi connectivity index (χ0n) is 7.95. The monoisotopic (exact) mass is 176 g/mol. The third-order valence-corrected chi connectivity index (χ3v) is 1.69. The molecular formula is C8H18NO3+. The summed E-state index contributed by atoms with van der Waals surface area (Å²) in [6.07, 6.45) is -0.228. The van der Waals surface area contributed by atoms with Crippen molar-refractivity contribution in [2.75, 3.05) is 27.2 Å². The highest BCUT2D eigenvalue weighted by molar-refractivity contribution is 5.66. The van der Waals surface area contributed by atoms with Gasteiger partial charge < -0.3 is 14.7 Å². The summed E-state index contributed by atoms with van der Waals surface area (Å²) >= 11 is 0. The normalized spacial score (nSPS) is 14.3. The van der Waals surface area contributed by atoms with Crippen LogP contribution in [-0.2, 0) is 4.79 Å². The van der Waals surface area contributed by atoms with Crippen LogP contribution in [-0.4, -0.2) is 54.0 Å². The fourth-order valence-corrected chi connectivity index (χ4v) is 1.20. The summed E-state index contributed by atoms with van der Waals surface area (Å²) in [6.45, 7) is 2.86. The highest BCUT2D eigenvalue weighted by Gasteiger charge is 2.18. The van der Waals surface area contributed by atoms with Crippen molar-refractivity contribution in [3.63, 3.8) is 0 Å². The van der Waals surface area contributed by atoms with Crippen molar-refractivity contribution >= 4 is 5.97 Å². The Kier molecular flexibility index (Phi) is 4.20. The van der Waals surface area contributed by atoms with Gasteiger partial charge in [0.1, 0.15) is 12.6 Å². The Morgan fingerprint density at radius 2 is 2.00 bits per heavy atom. The van der Waals surface area contributed by atoms with Crippen LogP contribution in [0.1, 0.15) is 13.3 Å². The topological polar surface area (TPSA) is 57.5 Å². The first-order chi connectivity index (χ1) is 5.33. The van der Waals surface area contributed by atoms with E-state index in [1.165, 1.54) is 0 Å². The minimum Gasteiger partial charge on any atom is -0.481 e. The Labute approximate surface area is 73.0 Å². The van der Waals surface area contributed by atoms with Crippen molar-refractivity contribution in [1.29, 1.82) is 0 Å². The predicted molar refractivity (Wildman–Crippen MR) is 45.8 cm³/mol. The molecule has 0 amide bonds. The van der Waals surface area contributed by atoms with Crippen LogP contribution < -0.4 is 0 Å². The van der Waals surface area contributed by atoms with Gasteiger partial charge in [-0.2, -0.15) is 0 Å². The van der Waals surface area contributed by atoms with E-state index in [9.17, 15) is 4.79 Å². The van der Waals surface area contributed by atoms with Crippen LogP contribution >= 0.6 is 0 Å². The summed E-state index contributed by atoms with van der Waals surface area (Å²) in [7, 11) is 3.82. The molecule has 0 aromatic rings. The van der Waals surface area contributed by atoms with Gasteiger partial charge in [0.05, 0.1) is 27.1 Å². The van der Waals surface area contributed by atoms with E-state index in [-0.39, 0.29) is 12.5 Å². The van der Waals surface area contributed by atoms with Gasteiger partial charge in [-0.05, 0) is 6.92 Å². The van der Waals surface area contributed by atoms with Gasteiger partial charge >= 0.3 is 5.97 Å². The van der Waals surface area contributed by atoms with E-state index in [1.807, 2.05) is 14.1 Å². The molecule has 0 radical (unpaired) electrons. The van der Waals surface area contributed by atoms with Crippen LogP contribution in [0.3, 0.4) is 0 Å². The molecule has 0 bridgehead atoms. The fourth-order valence-electron chi connectivity index (χ4n) is 1.20. The average molecular weight is 176 g/mol. The number of aliphatic hydroxyl groups is 1. The van der Waals surface area contributed by atoms with Gasteiger partial charge in [-0.15, -0.1) is 0 Å². The van der Waals surface area contributed by atoms with Gasteiger partial charge in [-0.3, -0.25) is 4.79 Å². The summed E-state index contributed by atoms with van der Waals surface area (Å²) in [5, 5.41) is 17.5. The van der Waals surface area contributed by atoms with Crippen molar-refractivity contribution in [2.24, 2.45) is 0 Å². The van der Waals surface area contributed by atoms with Gasteiger partial charge in [-0.1, -0.05) is 0 Å². The number of hydrogen-bond acceptors (Lipinski definition) is 2. The number of hydrogen-bond donors (Lipinski definition) is 2. The van der Waals surface area contributed by atoms with Crippen LogP contribution in [0.4, 0.5) is 0 Å². The van der Waals surface area contributed by atoms with Gasteiger partial charge in [0, 0.05) is 0 Å². The number of quaternary nitrogens is 1. The molecule has 2 N–H and O–H groups in total. The summed E-state index contributed by atoms with van der Waals surface area (Å²) in [5.74, 6) is -0.785. The fraction of sp³-hybridized carbons (Fsp3) is 0.875. The van der Waals surface area contributed by atoms with Crippen LogP contribution in [0.2, 0.25) is 0 Å². The minimum atomic E-state index is -0.785. The summed E-state index contributed by atoms with van der Waals surface area (Å²) in [6, 6.07) is 0. The minimum absolute atomic E-state index is 0.152. The lowest BCUT2D eigenvalue weighted by Crippen LogP contribution is -2.45. The highest BCUT2D eigenvalue weighted by atomic mass is 16.4. The zero-order valence-corrected chi connectivity index (χ0v) is 7.95. The summed E-state index contributed by atoms with van der Waals surface area (Å²) in [4.78, 5) is 10.3. The standard InChI is InChI=1S/C8H17NO3/c1-7(10)6-9(2,3)5-4-8(11)12/h7,10H,4-6H2,1-3H3/p+1. The van der Waals surface area contributed by atoms with Crippen LogP contribution in [0.5, 0.6) is 0 Å². The number of likely N-dealkylation sites (N-methyl/N-ethyl adjacent to an activating group) is 1. The first-order valence-corrected chi connectivity index (χ1v) is 4.05. The second-order valence-corrected chi connectivity index (χ2v) is 3.83. The van der Waals surface area contributed by atoms with E-state index in [2.05, 4.69) is 0 Å². The van der Waals surface area contributed by atoms with E-state index in [0.29, 0.717) is 17.6 Å². The van der Waals surface area contributed by atoms with Crippen molar-refractivity contribution < 1.29 is 19.5 Å². The Morgan fingerprint density at radius 3 is 2.33 bits per heavy atom. The van der Waals surface area contributed by atoms with E-state index >= 15 is 0 Å². The molecule has 4 heteroatoms. The number of rotatable bonds is 5. The maximum Gasteiger partial charge on any atom is 0.309 e. The molecule has 0 rings (SSSR count). The molecule has 0 heterocycles. The molecule has 0 aliphatic carbocycles. The SMILES string of the molecule is CC(O)C[N+](C)(C)CCC(=O)O. The van der Waals surface area contributed by atoms with Crippen LogP contribution in [0, 0.1) is 0 Å². The molecule has 0 spiro atoms. The Hall–Kier alpha value is -0.610. The second-order valence-electron chi connectivity index (χ2n) is 3.83. The largest absolute Gasteiger partial charge is 0.481 e. The number of carbonyl (C=O) groups is 1. The Bertz CT molecular complexity index is 154. The van der Waals surface area contributed by atoms with E-state index in [1.54, 1.807) is 6.92 Å². The number of aliphatic carboxylic acids is 1. The Balaban J connectivity index is 3.78. The van der Waals surface area contributed by atoms with Gasteiger partial charge in [-0.25, -0.2) is 0 Å². The first kappa shape index (κ1) is 11.4. The molecule has 1 unspecified atom stereocenters. The van der Waals surface area contributed by atoms with Gasteiger partial charge in [0.15, 0.2) is 0 Å². The van der Waals surface area contributed by atoms with Crippen LogP contribution in [0.15, 0.2) is 0 Å². The van der Waals surface area contributed by atoms with Gasteiger partial charge in [0.2, 0.25) is 0 Å². The highest BCUT2D eigenvalue weighted by Crippen LogP contribution is 2.01. The lowest BCUT2D eigenvalue weighted by molar-refractivity contribution is -0.892. The van der Waals surface area contributed by atoms with Crippen molar-refractivity contribution in [1.82, 2.24) is 0 Å². The first-order valence-electron chi connectivity index (χ1n) is 4.05. The van der Waals surface area contributed by atoms with E-state index < -0.39 is 5.97 Å². The van der Waals surface area contributed by atoms with Crippen molar-refractivity contribution in [3.05, 3.63) is 0 Å². The number of aliphatic hydroxyl groups excluding tert-OH is 1. The Morgan fingerprint density at radius 1 is 1.50 bits per heavy atom. The predicted octanol–water partition coefficient (Wildman–Crippen LogP) is -0.0817. The molecule has 0 saturated carbocycles. The molecule has 72 valence electrons. The quantitative estimate of drug-likeness (QED) is 0.576. The molecule has 12 heavy (non-hydrogen) atoms. The van der Waals surface area contributed by atoms with E-state index in [0.717, 1.165) is 0 Å². The molecule has 0 aromatic heterocycles. The molecule has 0 aliphatic heterocycles. The maximum absolute atomic E-state index is 10.3. The van der Waals surface area contributed by atoms with Crippen molar-refractivity contribution in [2.45, 2.75) is 19.4 Å². The van der Waals surface area contributed by atoms with E-state index in [4.69, 9.17) is 10.2 Å². The molecule has 0 saturated heterocycles. The van der Waals surface area contributed by atoms with Crippen LogP contribution in [0.25, 0.3) is 0 Å². The number of nitrogens with zero attached hydrogens (tertiary/aromatic N) is 1. The molecule has 1 atom stereocenters. The second kappa shape index (κ2) is 4.42. The molecule has 0 fully saturated rings.